The second-order valence-corrected chi connectivity index (χ2v) is 6.00. The summed E-state index contributed by atoms with van der Waals surface area (Å²) in [7, 11) is 0. The van der Waals surface area contributed by atoms with Gasteiger partial charge in [-0.1, -0.05) is 24.3 Å². The van der Waals surface area contributed by atoms with Crippen LogP contribution in [0, 0.1) is 12.3 Å². The molecule has 0 radical (unpaired) electrons. The molecule has 1 unspecified atom stereocenters. The van der Waals surface area contributed by atoms with Crippen molar-refractivity contribution in [3.63, 3.8) is 0 Å². The van der Waals surface area contributed by atoms with Crippen molar-refractivity contribution in [3.8, 4) is 0 Å². The molecule has 1 saturated heterocycles. The summed E-state index contributed by atoms with van der Waals surface area (Å²) in [5.41, 5.74) is 0.649. The summed E-state index contributed by atoms with van der Waals surface area (Å²) < 4.78 is 0. The molecule has 1 aliphatic rings. The van der Waals surface area contributed by atoms with Gasteiger partial charge in [0.15, 0.2) is 0 Å². The fourth-order valence-corrected chi connectivity index (χ4v) is 2.58. The highest BCUT2D eigenvalue weighted by Crippen LogP contribution is 2.39. The van der Waals surface area contributed by atoms with Crippen molar-refractivity contribution in [1.29, 1.82) is 0 Å². The molecule has 1 amide bonds. The summed E-state index contributed by atoms with van der Waals surface area (Å²) in [6.45, 7) is 6.64. The van der Waals surface area contributed by atoms with Crippen LogP contribution in [-0.4, -0.2) is 35.0 Å². The van der Waals surface area contributed by atoms with Crippen LogP contribution in [0.5, 0.6) is 0 Å². The van der Waals surface area contributed by atoms with Crippen LogP contribution in [0.3, 0.4) is 0 Å². The summed E-state index contributed by atoms with van der Waals surface area (Å²) in [5, 5.41) is 9.51. The topological polar surface area (TPSA) is 57.6 Å². The average molecular weight is 275 g/mol. The molecule has 1 aromatic rings. The number of aryl methyl sites for hydroxylation is 1. The Kier molecular flexibility index (Phi) is 3.84. The van der Waals surface area contributed by atoms with E-state index in [2.05, 4.69) is 0 Å². The summed E-state index contributed by atoms with van der Waals surface area (Å²) in [6.07, 6.45) is 1.000. The van der Waals surface area contributed by atoms with E-state index < -0.39 is 17.3 Å². The van der Waals surface area contributed by atoms with Crippen molar-refractivity contribution in [2.75, 3.05) is 13.1 Å². The fourth-order valence-electron chi connectivity index (χ4n) is 2.58. The Balaban J connectivity index is 2.46. The molecule has 0 bridgehead atoms. The molecule has 0 aromatic heterocycles. The van der Waals surface area contributed by atoms with Crippen LogP contribution >= 0.6 is 0 Å². The van der Waals surface area contributed by atoms with Gasteiger partial charge >= 0.3 is 5.97 Å². The molecule has 0 aliphatic carbocycles. The van der Waals surface area contributed by atoms with Gasteiger partial charge in [0.05, 0.1) is 11.3 Å². The first-order valence-electron chi connectivity index (χ1n) is 6.93. The predicted octanol–water partition coefficient (Wildman–Crippen LogP) is 2.42. The number of nitrogens with zero attached hydrogens (tertiary/aromatic N) is 1. The van der Waals surface area contributed by atoms with Gasteiger partial charge in [0.2, 0.25) is 5.91 Å². The number of carbonyl (C=O) groups is 2. The maximum absolute atomic E-state index is 12.7. The van der Waals surface area contributed by atoms with Crippen molar-refractivity contribution < 1.29 is 14.7 Å². The number of hydrogen-bond acceptors (Lipinski definition) is 2. The van der Waals surface area contributed by atoms with E-state index in [9.17, 15) is 14.7 Å². The highest BCUT2D eigenvalue weighted by Gasteiger charge is 2.45. The Bertz CT molecular complexity index is 532. The summed E-state index contributed by atoms with van der Waals surface area (Å²) in [4.78, 5) is 26.1. The number of hydrogen-bond donors (Lipinski definition) is 1. The molecule has 1 heterocycles. The SMILES string of the molecule is Cc1ccccc1C(C(=O)N1CCC1)C(C)(C)C(=O)O. The molecule has 4 heteroatoms. The third-order valence-electron chi connectivity index (χ3n) is 4.19. The van der Waals surface area contributed by atoms with Gasteiger partial charge in [-0.05, 0) is 38.3 Å². The molecule has 108 valence electrons. The Labute approximate surface area is 119 Å². The lowest BCUT2D eigenvalue weighted by Crippen LogP contribution is -2.49. The first-order valence-corrected chi connectivity index (χ1v) is 6.93. The predicted molar refractivity (Wildman–Crippen MR) is 76.5 cm³/mol. The molecule has 20 heavy (non-hydrogen) atoms. The number of likely N-dealkylation sites (tertiary alicyclic amines) is 1. The number of benzene rings is 1. The van der Waals surface area contributed by atoms with Gasteiger partial charge in [-0.2, -0.15) is 0 Å². The summed E-state index contributed by atoms with van der Waals surface area (Å²) >= 11 is 0. The second kappa shape index (κ2) is 5.27. The molecule has 4 nitrogen and oxygen atoms in total. The minimum absolute atomic E-state index is 0.0713. The molecule has 1 aliphatic heterocycles. The quantitative estimate of drug-likeness (QED) is 0.918. The van der Waals surface area contributed by atoms with E-state index in [0.717, 1.165) is 30.6 Å². The lowest BCUT2D eigenvalue weighted by atomic mass is 9.72. The van der Waals surface area contributed by atoms with Crippen molar-refractivity contribution in [2.24, 2.45) is 5.41 Å². The van der Waals surface area contributed by atoms with Crippen molar-refractivity contribution in [3.05, 3.63) is 35.4 Å². The Morgan fingerprint density at radius 3 is 2.30 bits per heavy atom. The normalized spacial score (nSPS) is 16.4. The number of carboxylic acid groups (broad SMARTS) is 1. The van der Waals surface area contributed by atoms with Crippen LogP contribution in [-0.2, 0) is 9.59 Å². The zero-order valence-corrected chi connectivity index (χ0v) is 12.2. The van der Waals surface area contributed by atoms with Crippen LogP contribution in [0.1, 0.15) is 37.3 Å². The number of amides is 1. The van der Waals surface area contributed by atoms with Gasteiger partial charge in [-0.25, -0.2) is 0 Å². The number of carboxylic acids is 1. The van der Waals surface area contributed by atoms with Gasteiger partial charge in [0, 0.05) is 13.1 Å². The first kappa shape index (κ1) is 14.6. The van der Waals surface area contributed by atoms with Crippen LogP contribution in [0.15, 0.2) is 24.3 Å². The van der Waals surface area contributed by atoms with E-state index in [4.69, 9.17) is 0 Å². The van der Waals surface area contributed by atoms with Gasteiger partial charge in [-0.3, -0.25) is 9.59 Å². The maximum atomic E-state index is 12.7. The Morgan fingerprint density at radius 1 is 1.25 bits per heavy atom. The number of aliphatic carboxylic acids is 1. The molecule has 1 atom stereocenters. The fraction of sp³-hybridized carbons (Fsp3) is 0.500. The Hall–Kier alpha value is -1.84. The number of rotatable bonds is 4. The molecular formula is C16H21NO3. The van der Waals surface area contributed by atoms with Gasteiger partial charge < -0.3 is 10.0 Å². The van der Waals surface area contributed by atoms with Gasteiger partial charge in [0.1, 0.15) is 0 Å². The summed E-state index contributed by atoms with van der Waals surface area (Å²) in [6, 6.07) is 7.54. The largest absolute Gasteiger partial charge is 0.481 e. The van der Waals surface area contributed by atoms with Crippen LogP contribution in [0.4, 0.5) is 0 Å². The number of carbonyl (C=O) groups excluding carboxylic acids is 1. The third kappa shape index (κ3) is 2.42. The van der Waals surface area contributed by atoms with Gasteiger partial charge in [0.25, 0.3) is 0 Å². The first-order chi connectivity index (χ1) is 9.35. The molecule has 0 saturated carbocycles. The molecule has 2 rings (SSSR count). The van der Waals surface area contributed by atoms with Gasteiger partial charge in [-0.15, -0.1) is 0 Å². The van der Waals surface area contributed by atoms with E-state index in [1.807, 2.05) is 31.2 Å². The molecule has 0 spiro atoms. The lowest BCUT2D eigenvalue weighted by molar-refractivity contribution is -0.154. The minimum atomic E-state index is -1.13. The van der Waals surface area contributed by atoms with Crippen LogP contribution < -0.4 is 0 Å². The lowest BCUT2D eigenvalue weighted by Gasteiger charge is -2.39. The zero-order valence-electron chi connectivity index (χ0n) is 12.2. The molecular weight excluding hydrogens is 254 g/mol. The molecule has 1 fully saturated rings. The third-order valence-corrected chi connectivity index (χ3v) is 4.19. The van der Waals surface area contributed by atoms with E-state index in [1.165, 1.54) is 0 Å². The summed E-state index contributed by atoms with van der Waals surface area (Å²) in [5.74, 6) is -1.65. The van der Waals surface area contributed by atoms with E-state index in [1.54, 1.807) is 18.7 Å². The van der Waals surface area contributed by atoms with E-state index in [0.29, 0.717) is 0 Å². The average Bonchev–Trinajstić information content (AvgIpc) is 2.29. The molecule has 1 N–H and O–H groups in total. The zero-order chi connectivity index (χ0) is 14.9. The van der Waals surface area contributed by atoms with E-state index in [-0.39, 0.29) is 5.91 Å². The smallest absolute Gasteiger partial charge is 0.310 e. The van der Waals surface area contributed by atoms with Crippen LogP contribution in [0.25, 0.3) is 0 Å². The van der Waals surface area contributed by atoms with Crippen molar-refractivity contribution in [2.45, 2.75) is 33.1 Å². The van der Waals surface area contributed by atoms with Crippen molar-refractivity contribution >= 4 is 11.9 Å². The Morgan fingerprint density at radius 2 is 1.85 bits per heavy atom. The standard InChI is InChI=1S/C16H21NO3/c1-11-7-4-5-8-12(11)13(16(2,3)15(19)20)14(18)17-9-6-10-17/h4-5,7-8,13H,6,9-10H2,1-3H3,(H,19,20). The minimum Gasteiger partial charge on any atom is -0.481 e. The maximum Gasteiger partial charge on any atom is 0.310 e. The van der Waals surface area contributed by atoms with Crippen LogP contribution in [0.2, 0.25) is 0 Å². The highest BCUT2D eigenvalue weighted by atomic mass is 16.4. The monoisotopic (exact) mass is 275 g/mol. The van der Waals surface area contributed by atoms with Crippen molar-refractivity contribution in [1.82, 2.24) is 4.90 Å². The highest BCUT2D eigenvalue weighted by molar-refractivity contribution is 5.91. The molecule has 1 aromatic carbocycles. The second-order valence-electron chi connectivity index (χ2n) is 6.00. The van der Waals surface area contributed by atoms with E-state index >= 15 is 0 Å².